The number of likely N-dealkylation sites (tertiary alicyclic amines) is 1. The Kier molecular flexibility index (Phi) is 13.5. The molecule has 2 aromatic carbocycles. The monoisotopic (exact) mass is 581 g/mol. The number of hydrogen-bond acceptors (Lipinski definition) is 4. The summed E-state index contributed by atoms with van der Waals surface area (Å²) in [6.07, 6.45) is 3.27. The van der Waals surface area contributed by atoms with Crippen molar-refractivity contribution in [3.63, 3.8) is 0 Å². The van der Waals surface area contributed by atoms with Crippen LogP contribution in [0.4, 0.5) is 9.18 Å². The topological polar surface area (TPSA) is 42.1 Å². The predicted molar refractivity (Wildman–Crippen MR) is 163 cm³/mol. The molecule has 2 amide bonds. The Labute approximate surface area is 246 Å². The first-order valence-corrected chi connectivity index (χ1v) is 13.7. The van der Waals surface area contributed by atoms with Crippen LogP contribution in [0.5, 0.6) is 0 Å². The lowest BCUT2D eigenvalue weighted by molar-refractivity contribution is 0.144. The molecule has 2 fully saturated rings. The SMILES string of the molecule is CN(C)C[C@@H]1CCN(C(=O)N2CCc3ccccc3[C@@H]2c2ccc(F)cc2)C1.CN(C)C[C@@H]1CCNC1.Cl.Cl. The maximum atomic E-state index is 13.5. The highest BCUT2D eigenvalue weighted by molar-refractivity contribution is 5.85. The summed E-state index contributed by atoms with van der Waals surface area (Å²) in [6, 6.07) is 14.8. The first-order chi connectivity index (χ1) is 17.8. The molecule has 5 rings (SSSR count). The number of nitrogens with zero attached hydrogens (tertiary/aromatic N) is 4. The van der Waals surface area contributed by atoms with Crippen LogP contribution in [0, 0.1) is 17.7 Å². The Morgan fingerprint density at radius 2 is 1.59 bits per heavy atom. The average molecular weight is 583 g/mol. The van der Waals surface area contributed by atoms with E-state index in [4.69, 9.17) is 0 Å². The number of fused-ring (bicyclic) bond motifs is 1. The van der Waals surface area contributed by atoms with E-state index in [0.29, 0.717) is 12.5 Å². The summed E-state index contributed by atoms with van der Waals surface area (Å²) in [5.41, 5.74) is 3.39. The summed E-state index contributed by atoms with van der Waals surface area (Å²) in [6.45, 7) is 7.00. The summed E-state index contributed by atoms with van der Waals surface area (Å²) >= 11 is 0. The largest absolute Gasteiger partial charge is 0.324 e. The highest BCUT2D eigenvalue weighted by atomic mass is 35.5. The Morgan fingerprint density at radius 3 is 2.23 bits per heavy atom. The fraction of sp³-hybridized carbons (Fsp3) is 0.567. The molecule has 0 bridgehead atoms. The first kappa shape index (κ1) is 33.3. The van der Waals surface area contributed by atoms with E-state index in [1.807, 2.05) is 21.9 Å². The number of hydrogen-bond donors (Lipinski definition) is 1. The van der Waals surface area contributed by atoms with Gasteiger partial charge in [-0.05, 0) is 101 Å². The summed E-state index contributed by atoms with van der Waals surface area (Å²) in [7, 11) is 8.43. The van der Waals surface area contributed by atoms with Crippen LogP contribution in [0.1, 0.15) is 35.6 Å². The number of benzene rings is 2. The minimum atomic E-state index is -0.253. The van der Waals surface area contributed by atoms with E-state index < -0.39 is 0 Å². The zero-order valence-corrected chi connectivity index (χ0v) is 25.4. The lowest BCUT2D eigenvalue weighted by atomic mass is 9.88. The third-order valence-electron chi connectivity index (χ3n) is 7.68. The molecule has 3 aliphatic rings. The van der Waals surface area contributed by atoms with Crippen LogP contribution >= 0.6 is 24.8 Å². The number of carbonyl (C=O) groups excluding carboxylic acids is 1. The lowest BCUT2D eigenvalue weighted by Gasteiger charge is -2.39. The van der Waals surface area contributed by atoms with Gasteiger partial charge >= 0.3 is 6.03 Å². The molecule has 39 heavy (non-hydrogen) atoms. The third-order valence-corrected chi connectivity index (χ3v) is 7.68. The van der Waals surface area contributed by atoms with Crippen molar-refractivity contribution in [1.29, 1.82) is 0 Å². The van der Waals surface area contributed by atoms with E-state index in [1.165, 1.54) is 43.8 Å². The number of urea groups is 1. The number of amides is 2. The van der Waals surface area contributed by atoms with Gasteiger partial charge in [-0.15, -0.1) is 24.8 Å². The molecule has 0 aromatic heterocycles. The molecule has 3 aliphatic heterocycles. The summed E-state index contributed by atoms with van der Waals surface area (Å²) in [4.78, 5) is 21.9. The van der Waals surface area contributed by atoms with E-state index in [0.717, 1.165) is 49.5 Å². The molecular formula is C30H46Cl2FN5O. The molecule has 0 aliphatic carbocycles. The fourth-order valence-corrected chi connectivity index (χ4v) is 6.02. The molecule has 9 heteroatoms. The van der Waals surface area contributed by atoms with Gasteiger partial charge in [0.05, 0.1) is 6.04 Å². The van der Waals surface area contributed by atoms with Crippen molar-refractivity contribution in [1.82, 2.24) is 24.9 Å². The van der Waals surface area contributed by atoms with Crippen LogP contribution in [0.15, 0.2) is 48.5 Å². The van der Waals surface area contributed by atoms with Crippen LogP contribution in [0.2, 0.25) is 0 Å². The molecule has 0 radical (unpaired) electrons. The van der Waals surface area contributed by atoms with Crippen molar-refractivity contribution in [3.8, 4) is 0 Å². The minimum Gasteiger partial charge on any atom is -0.324 e. The second-order valence-electron chi connectivity index (χ2n) is 11.4. The van der Waals surface area contributed by atoms with Gasteiger partial charge in [0.2, 0.25) is 0 Å². The van der Waals surface area contributed by atoms with Crippen molar-refractivity contribution in [2.75, 3.05) is 74.0 Å². The number of halogens is 3. The predicted octanol–water partition coefficient (Wildman–Crippen LogP) is 4.78. The van der Waals surface area contributed by atoms with E-state index in [-0.39, 0.29) is 42.7 Å². The first-order valence-electron chi connectivity index (χ1n) is 13.7. The van der Waals surface area contributed by atoms with Gasteiger partial charge in [0.15, 0.2) is 0 Å². The molecule has 3 atom stereocenters. The van der Waals surface area contributed by atoms with Crippen LogP contribution in [0.25, 0.3) is 0 Å². The molecule has 2 saturated heterocycles. The zero-order chi connectivity index (χ0) is 26.4. The summed E-state index contributed by atoms with van der Waals surface area (Å²) in [5, 5.41) is 3.35. The van der Waals surface area contributed by atoms with E-state index in [9.17, 15) is 9.18 Å². The van der Waals surface area contributed by atoms with Gasteiger partial charge in [-0.25, -0.2) is 9.18 Å². The molecule has 0 spiro atoms. The van der Waals surface area contributed by atoms with E-state index >= 15 is 0 Å². The maximum absolute atomic E-state index is 13.5. The average Bonchev–Trinajstić information content (AvgIpc) is 3.55. The van der Waals surface area contributed by atoms with Gasteiger partial charge in [0, 0.05) is 32.7 Å². The third kappa shape index (κ3) is 9.05. The van der Waals surface area contributed by atoms with Crippen molar-refractivity contribution in [2.45, 2.75) is 25.3 Å². The molecule has 0 saturated carbocycles. The minimum absolute atomic E-state index is 0. The van der Waals surface area contributed by atoms with Crippen LogP contribution in [-0.4, -0.2) is 99.6 Å². The second-order valence-corrected chi connectivity index (χ2v) is 11.4. The summed E-state index contributed by atoms with van der Waals surface area (Å²) < 4.78 is 13.5. The summed E-state index contributed by atoms with van der Waals surface area (Å²) in [5.74, 6) is 1.18. The standard InChI is InChI=1S/C23H28FN3O.C7H16N2.2ClH/c1-25(2)15-17-11-13-26(16-17)23(28)27-14-12-18-5-3-4-6-21(18)22(27)19-7-9-20(24)10-8-19;1-9(2)6-7-3-4-8-5-7;;/h3-10,17,22H,11-16H2,1-2H3;7-8H,3-6H2,1-2H3;2*1H/t17-,22-;7-;;/m01../s1. The Hall–Kier alpha value is -1.90. The Bertz CT molecular complexity index is 1020. The van der Waals surface area contributed by atoms with Crippen LogP contribution in [0.3, 0.4) is 0 Å². The van der Waals surface area contributed by atoms with Crippen LogP contribution in [-0.2, 0) is 6.42 Å². The van der Waals surface area contributed by atoms with E-state index in [2.05, 4.69) is 55.4 Å². The van der Waals surface area contributed by atoms with Gasteiger partial charge in [0.1, 0.15) is 5.82 Å². The maximum Gasteiger partial charge on any atom is 0.320 e. The lowest BCUT2D eigenvalue weighted by Crippen LogP contribution is -2.47. The highest BCUT2D eigenvalue weighted by Gasteiger charge is 2.36. The zero-order valence-electron chi connectivity index (χ0n) is 23.8. The highest BCUT2D eigenvalue weighted by Crippen LogP contribution is 2.36. The molecule has 0 unspecified atom stereocenters. The van der Waals surface area contributed by atoms with Crippen molar-refractivity contribution in [2.24, 2.45) is 11.8 Å². The number of carbonyl (C=O) groups is 1. The molecule has 1 N–H and O–H groups in total. The molecule has 6 nitrogen and oxygen atoms in total. The fourth-order valence-electron chi connectivity index (χ4n) is 6.02. The van der Waals surface area contributed by atoms with Crippen molar-refractivity contribution < 1.29 is 9.18 Å². The molecule has 218 valence electrons. The second kappa shape index (κ2) is 15.8. The Balaban J connectivity index is 0.000000416. The quantitative estimate of drug-likeness (QED) is 0.552. The van der Waals surface area contributed by atoms with Gasteiger partial charge in [-0.2, -0.15) is 0 Å². The molecular weight excluding hydrogens is 536 g/mol. The van der Waals surface area contributed by atoms with E-state index in [1.54, 1.807) is 12.1 Å². The van der Waals surface area contributed by atoms with Crippen molar-refractivity contribution >= 4 is 30.8 Å². The smallest absolute Gasteiger partial charge is 0.320 e. The van der Waals surface area contributed by atoms with Gasteiger partial charge < -0.3 is 24.9 Å². The number of rotatable bonds is 5. The van der Waals surface area contributed by atoms with Gasteiger partial charge in [0.25, 0.3) is 0 Å². The van der Waals surface area contributed by atoms with Gasteiger partial charge in [-0.1, -0.05) is 36.4 Å². The van der Waals surface area contributed by atoms with Crippen molar-refractivity contribution in [3.05, 3.63) is 71.0 Å². The van der Waals surface area contributed by atoms with Gasteiger partial charge in [-0.3, -0.25) is 0 Å². The molecule has 2 aromatic rings. The molecule has 3 heterocycles. The number of nitrogens with one attached hydrogen (secondary N) is 1. The van der Waals surface area contributed by atoms with Crippen LogP contribution < -0.4 is 5.32 Å². The Morgan fingerprint density at radius 1 is 0.923 bits per heavy atom. The normalized spacial score (nSPS) is 22.1.